The molecular formula is C8H21BN2O2. The summed E-state index contributed by atoms with van der Waals surface area (Å²) in [5.41, 5.74) is 11.1. The van der Waals surface area contributed by atoms with Gasteiger partial charge in [0.2, 0.25) is 0 Å². The molecule has 0 bridgehead atoms. The van der Waals surface area contributed by atoms with Crippen LogP contribution in [0.25, 0.3) is 0 Å². The Bertz CT molecular complexity index is 125. The fourth-order valence-electron chi connectivity index (χ4n) is 1.33. The smallest absolute Gasteiger partial charge is 0.427 e. The van der Waals surface area contributed by atoms with Crippen molar-refractivity contribution in [2.75, 3.05) is 6.54 Å². The Morgan fingerprint density at radius 2 is 1.92 bits per heavy atom. The molecule has 0 aromatic carbocycles. The maximum absolute atomic E-state index is 7.92. The van der Waals surface area contributed by atoms with Gasteiger partial charge in [0, 0.05) is 6.04 Å². The quantitative estimate of drug-likeness (QED) is 0.441. The minimum Gasteiger partial charge on any atom is -0.427 e. The van der Waals surface area contributed by atoms with Gasteiger partial charge in [-0.15, -0.1) is 0 Å². The van der Waals surface area contributed by atoms with Crippen LogP contribution in [0.2, 0.25) is 6.32 Å². The average Bonchev–Trinajstić information content (AvgIpc) is 2.52. The Hall–Kier alpha value is -0.0951. The Labute approximate surface area is 80.5 Å². The maximum atomic E-state index is 7.92. The summed E-state index contributed by atoms with van der Waals surface area (Å²) in [6.07, 6.45) is 4.00. The highest BCUT2D eigenvalue weighted by Crippen LogP contribution is 2.22. The molecule has 5 heteroatoms. The van der Waals surface area contributed by atoms with Gasteiger partial charge >= 0.3 is 7.12 Å². The monoisotopic (exact) mass is 188 g/mol. The Kier molecular flexibility index (Phi) is 7.27. The van der Waals surface area contributed by atoms with E-state index in [9.17, 15) is 0 Å². The largest absolute Gasteiger partial charge is 0.451 e. The van der Waals surface area contributed by atoms with Crippen LogP contribution in [0.15, 0.2) is 0 Å². The minimum absolute atomic E-state index is 0.417. The molecule has 0 saturated heterocycles. The third-order valence-electron chi connectivity index (χ3n) is 2.28. The highest BCUT2D eigenvalue weighted by atomic mass is 16.4. The highest BCUT2D eigenvalue weighted by molar-refractivity contribution is 6.40. The first-order valence-electron chi connectivity index (χ1n) is 4.91. The molecule has 6 N–H and O–H groups in total. The van der Waals surface area contributed by atoms with Crippen LogP contribution in [-0.4, -0.2) is 29.8 Å². The van der Waals surface area contributed by atoms with E-state index in [4.69, 9.17) is 21.5 Å². The van der Waals surface area contributed by atoms with E-state index in [-0.39, 0.29) is 0 Å². The van der Waals surface area contributed by atoms with E-state index in [1.807, 2.05) is 0 Å². The summed E-state index contributed by atoms with van der Waals surface area (Å²) in [4.78, 5) is 0. The normalized spacial score (nSPS) is 26.5. The van der Waals surface area contributed by atoms with Crippen LogP contribution < -0.4 is 11.5 Å². The van der Waals surface area contributed by atoms with E-state index in [0.29, 0.717) is 12.4 Å². The van der Waals surface area contributed by atoms with Crippen molar-refractivity contribution in [2.45, 2.75) is 38.5 Å². The molecule has 4 nitrogen and oxygen atoms in total. The summed E-state index contributed by atoms with van der Waals surface area (Å²) in [6.45, 7) is 2.53. The molecule has 1 fully saturated rings. The molecule has 0 spiro atoms. The van der Waals surface area contributed by atoms with Gasteiger partial charge < -0.3 is 21.5 Å². The number of rotatable bonds is 2. The molecule has 0 unspecified atom stereocenters. The van der Waals surface area contributed by atoms with E-state index in [0.717, 1.165) is 18.9 Å². The zero-order chi connectivity index (χ0) is 10.3. The predicted octanol–water partition coefficient (Wildman–Crippen LogP) is -0.448. The first-order valence-corrected chi connectivity index (χ1v) is 4.91. The van der Waals surface area contributed by atoms with Crippen LogP contribution in [0.1, 0.15) is 26.2 Å². The van der Waals surface area contributed by atoms with Gasteiger partial charge in [0.25, 0.3) is 0 Å². The van der Waals surface area contributed by atoms with Gasteiger partial charge in [-0.05, 0) is 38.0 Å². The van der Waals surface area contributed by atoms with E-state index < -0.39 is 7.12 Å². The molecule has 0 aliphatic heterocycles. The average molecular weight is 188 g/mol. The summed E-state index contributed by atoms with van der Waals surface area (Å²) in [5.74, 6) is 0.727. The summed E-state index contributed by atoms with van der Waals surface area (Å²) in [6, 6.07) is 0.448. The molecule has 1 aliphatic rings. The topological polar surface area (TPSA) is 92.5 Å². The molecule has 1 aliphatic carbocycles. The number of nitrogens with two attached hydrogens (primary N) is 2. The summed E-state index contributed by atoms with van der Waals surface area (Å²) in [7, 11) is -1.12. The molecule has 13 heavy (non-hydrogen) atoms. The molecule has 0 radical (unpaired) electrons. The third kappa shape index (κ3) is 7.01. The minimum atomic E-state index is -1.12. The van der Waals surface area contributed by atoms with Crippen molar-refractivity contribution in [3.05, 3.63) is 0 Å². The summed E-state index contributed by atoms with van der Waals surface area (Å²) in [5, 5.41) is 15.8. The molecule has 1 saturated carbocycles. The van der Waals surface area contributed by atoms with E-state index in [1.165, 1.54) is 12.8 Å². The SMILES string of the molecule is CCB(O)O.NC[C@@H]1CC[C@H](N)C1. The van der Waals surface area contributed by atoms with Crippen LogP contribution in [0.5, 0.6) is 0 Å². The van der Waals surface area contributed by atoms with E-state index >= 15 is 0 Å². The summed E-state index contributed by atoms with van der Waals surface area (Å²) < 4.78 is 0. The highest BCUT2D eigenvalue weighted by Gasteiger charge is 2.19. The van der Waals surface area contributed by atoms with Gasteiger partial charge in [0.15, 0.2) is 0 Å². The Morgan fingerprint density at radius 1 is 1.38 bits per heavy atom. The van der Waals surface area contributed by atoms with E-state index in [1.54, 1.807) is 6.92 Å². The van der Waals surface area contributed by atoms with Crippen LogP contribution in [0.3, 0.4) is 0 Å². The maximum Gasteiger partial charge on any atom is 0.451 e. The Balaban J connectivity index is 0.000000252. The van der Waals surface area contributed by atoms with Gasteiger partial charge in [-0.2, -0.15) is 0 Å². The van der Waals surface area contributed by atoms with Crippen LogP contribution in [0, 0.1) is 5.92 Å². The molecular weight excluding hydrogens is 167 g/mol. The van der Waals surface area contributed by atoms with Crippen LogP contribution >= 0.6 is 0 Å². The standard InChI is InChI=1S/C6H14N2.C2H7BO2/c7-4-5-1-2-6(8)3-5;1-2-3(4)5/h5-6H,1-4,7-8H2;4-5H,2H2,1H3/t5-,6+;/m1./s1. The molecule has 0 aromatic rings. The van der Waals surface area contributed by atoms with Crippen molar-refractivity contribution < 1.29 is 10.0 Å². The first kappa shape index (κ1) is 12.9. The molecule has 0 amide bonds. The second-order valence-corrected chi connectivity index (χ2v) is 3.56. The first-order chi connectivity index (χ1) is 6.10. The summed E-state index contributed by atoms with van der Waals surface area (Å²) >= 11 is 0. The van der Waals surface area contributed by atoms with Gasteiger partial charge in [0.05, 0.1) is 0 Å². The van der Waals surface area contributed by atoms with Crippen LogP contribution in [0.4, 0.5) is 0 Å². The van der Waals surface area contributed by atoms with Crippen molar-refractivity contribution in [3.8, 4) is 0 Å². The van der Waals surface area contributed by atoms with Crippen molar-refractivity contribution in [1.29, 1.82) is 0 Å². The third-order valence-corrected chi connectivity index (χ3v) is 2.28. The fraction of sp³-hybridized carbons (Fsp3) is 1.00. The van der Waals surface area contributed by atoms with E-state index in [2.05, 4.69) is 0 Å². The molecule has 0 heterocycles. The van der Waals surface area contributed by atoms with Gasteiger partial charge in [0.1, 0.15) is 0 Å². The second kappa shape index (κ2) is 7.32. The zero-order valence-electron chi connectivity index (χ0n) is 8.32. The lowest BCUT2D eigenvalue weighted by Gasteiger charge is -2.02. The van der Waals surface area contributed by atoms with Crippen LogP contribution in [-0.2, 0) is 0 Å². The lowest BCUT2D eigenvalue weighted by atomic mass is 9.88. The predicted molar refractivity (Wildman–Crippen MR) is 55.0 cm³/mol. The fourth-order valence-corrected chi connectivity index (χ4v) is 1.33. The van der Waals surface area contributed by atoms with Crippen molar-refractivity contribution >= 4 is 7.12 Å². The Morgan fingerprint density at radius 3 is 2.08 bits per heavy atom. The molecule has 78 valence electrons. The molecule has 2 atom stereocenters. The lowest BCUT2D eigenvalue weighted by Crippen LogP contribution is -2.17. The molecule has 0 aromatic heterocycles. The van der Waals surface area contributed by atoms with Gasteiger partial charge in [-0.3, -0.25) is 0 Å². The number of hydrogen-bond donors (Lipinski definition) is 4. The van der Waals surface area contributed by atoms with Gasteiger partial charge in [-0.1, -0.05) is 6.92 Å². The zero-order valence-corrected chi connectivity index (χ0v) is 8.32. The second-order valence-electron chi connectivity index (χ2n) is 3.56. The van der Waals surface area contributed by atoms with Crippen molar-refractivity contribution in [1.82, 2.24) is 0 Å². The van der Waals surface area contributed by atoms with Crippen molar-refractivity contribution in [2.24, 2.45) is 17.4 Å². The van der Waals surface area contributed by atoms with Gasteiger partial charge in [-0.25, -0.2) is 0 Å². The molecule has 1 rings (SSSR count). The van der Waals surface area contributed by atoms with Crippen molar-refractivity contribution in [3.63, 3.8) is 0 Å². The number of hydrogen-bond acceptors (Lipinski definition) is 4. The lowest BCUT2D eigenvalue weighted by molar-refractivity contribution is 0.408.